The van der Waals surface area contributed by atoms with Crippen LogP contribution in [-0.2, 0) is 14.8 Å². The number of benzene rings is 2. The van der Waals surface area contributed by atoms with Gasteiger partial charge in [0.1, 0.15) is 6.04 Å². The molecule has 1 atom stereocenters. The third-order valence-corrected chi connectivity index (χ3v) is 4.83. The van der Waals surface area contributed by atoms with Gasteiger partial charge in [-0.25, -0.2) is 8.42 Å². The molecule has 0 aliphatic carbocycles. The van der Waals surface area contributed by atoms with Crippen molar-refractivity contribution in [3.63, 3.8) is 0 Å². The van der Waals surface area contributed by atoms with Gasteiger partial charge in [0.25, 0.3) is 0 Å². The van der Waals surface area contributed by atoms with Crippen LogP contribution in [0, 0.1) is 6.92 Å². The number of hydrogen-bond donors (Lipinski definition) is 2. The first-order valence-corrected chi connectivity index (χ1v) is 8.98. The summed E-state index contributed by atoms with van der Waals surface area (Å²) < 4.78 is 27.7. The fraction of sp³-hybridized carbons (Fsp3) is 0.167. The van der Waals surface area contributed by atoms with Crippen LogP contribution in [0.5, 0.6) is 0 Å². The van der Waals surface area contributed by atoms with Crippen LogP contribution in [0.4, 0.5) is 0 Å². The first-order chi connectivity index (χ1) is 11.4. The highest BCUT2D eigenvalue weighted by Gasteiger charge is 2.26. The Balaban J connectivity index is 2.34. The van der Waals surface area contributed by atoms with E-state index in [0.29, 0.717) is 5.56 Å². The molecule has 0 fully saturated rings. The number of sulfonamides is 1. The second-order valence-electron chi connectivity index (χ2n) is 5.29. The standard InChI is InChI=1S/C18H20N2O3S/c1-3-13-19-18(21)17(15-7-5-4-6-8-15)20-24(22,23)16-11-9-14(2)10-12-16/h3-13,17,20H,1-2H3,(H,19,21)/b13-3+. The van der Waals surface area contributed by atoms with Crippen LogP contribution in [0.15, 0.2) is 71.8 Å². The zero-order valence-electron chi connectivity index (χ0n) is 13.6. The van der Waals surface area contributed by atoms with Gasteiger partial charge in [0, 0.05) is 0 Å². The number of carbonyl (C=O) groups excluding carboxylic acids is 1. The Hall–Kier alpha value is -2.44. The average Bonchev–Trinajstić information content (AvgIpc) is 2.59. The molecule has 0 radical (unpaired) electrons. The molecule has 6 heteroatoms. The van der Waals surface area contributed by atoms with Gasteiger partial charge in [-0.1, -0.05) is 54.1 Å². The zero-order valence-corrected chi connectivity index (χ0v) is 14.4. The van der Waals surface area contributed by atoms with E-state index in [1.54, 1.807) is 55.5 Å². The lowest BCUT2D eigenvalue weighted by atomic mass is 10.1. The maximum absolute atomic E-state index is 12.6. The van der Waals surface area contributed by atoms with Gasteiger partial charge in [-0.3, -0.25) is 4.79 Å². The lowest BCUT2D eigenvalue weighted by Gasteiger charge is -2.18. The highest BCUT2D eigenvalue weighted by molar-refractivity contribution is 7.89. The molecular weight excluding hydrogens is 324 g/mol. The SMILES string of the molecule is C/C=C/NC(=O)C(NS(=O)(=O)c1ccc(C)cc1)c1ccccc1. The van der Waals surface area contributed by atoms with Crippen LogP contribution in [-0.4, -0.2) is 14.3 Å². The summed E-state index contributed by atoms with van der Waals surface area (Å²) in [5.74, 6) is -0.449. The van der Waals surface area contributed by atoms with E-state index in [-0.39, 0.29) is 4.90 Å². The predicted molar refractivity (Wildman–Crippen MR) is 93.6 cm³/mol. The van der Waals surface area contributed by atoms with Crippen molar-refractivity contribution in [2.75, 3.05) is 0 Å². The molecule has 0 aromatic heterocycles. The van der Waals surface area contributed by atoms with E-state index in [1.165, 1.54) is 18.3 Å². The quantitative estimate of drug-likeness (QED) is 0.846. The molecule has 0 aliphatic rings. The molecule has 0 heterocycles. The topological polar surface area (TPSA) is 75.3 Å². The largest absolute Gasteiger partial charge is 0.331 e. The summed E-state index contributed by atoms with van der Waals surface area (Å²) in [6, 6.07) is 14.2. The van der Waals surface area contributed by atoms with Crippen molar-refractivity contribution < 1.29 is 13.2 Å². The third kappa shape index (κ3) is 4.53. The Bertz CT molecular complexity index is 813. The zero-order chi connectivity index (χ0) is 17.6. The van der Waals surface area contributed by atoms with Crippen LogP contribution in [0.1, 0.15) is 24.1 Å². The molecule has 0 saturated heterocycles. The van der Waals surface area contributed by atoms with Crippen molar-refractivity contribution in [3.8, 4) is 0 Å². The van der Waals surface area contributed by atoms with Crippen LogP contribution in [0.25, 0.3) is 0 Å². The molecule has 5 nitrogen and oxygen atoms in total. The molecular formula is C18H20N2O3S. The summed E-state index contributed by atoms with van der Waals surface area (Å²) in [5.41, 5.74) is 1.52. The number of amides is 1. The van der Waals surface area contributed by atoms with Gasteiger partial charge in [0.15, 0.2) is 0 Å². The fourth-order valence-electron chi connectivity index (χ4n) is 2.11. The van der Waals surface area contributed by atoms with Gasteiger partial charge in [-0.05, 0) is 37.7 Å². The molecule has 0 aliphatic heterocycles. The van der Waals surface area contributed by atoms with Crippen molar-refractivity contribution in [3.05, 3.63) is 78.0 Å². The summed E-state index contributed by atoms with van der Waals surface area (Å²) in [5, 5.41) is 2.57. The minimum absolute atomic E-state index is 0.118. The van der Waals surface area contributed by atoms with Gasteiger partial charge in [-0.15, -0.1) is 0 Å². The van der Waals surface area contributed by atoms with Gasteiger partial charge in [0.05, 0.1) is 4.90 Å². The van der Waals surface area contributed by atoms with Gasteiger partial charge in [0.2, 0.25) is 15.9 Å². The summed E-state index contributed by atoms with van der Waals surface area (Å²) in [4.78, 5) is 12.5. The lowest BCUT2D eigenvalue weighted by Crippen LogP contribution is -2.38. The number of rotatable bonds is 6. The number of hydrogen-bond acceptors (Lipinski definition) is 3. The van der Waals surface area contributed by atoms with E-state index in [2.05, 4.69) is 10.0 Å². The molecule has 2 N–H and O–H groups in total. The van der Waals surface area contributed by atoms with Crippen LogP contribution < -0.4 is 10.0 Å². The Labute approximate surface area is 142 Å². The minimum Gasteiger partial charge on any atom is -0.331 e. The highest BCUT2D eigenvalue weighted by Crippen LogP contribution is 2.18. The van der Waals surface area contributed by atoms with Crippen molar-refractivity contribution in [1.82, 2.24) is 10.0 Å². The summed E-state index contributed by atoms with van der Waals surface area (Å²) >= 11 is 0. The Morgan fingerprint density at radius 1 is 1.04 bits per heavy atom. The van der Waals surface area contributed by atoms with Crippen LogP contribution >= 0.6 is 0 Å². The van der Waals surface area contributed by atoms with Crippen LogP contribution in [0.2, 0.25) is 0 Å². The van der Waals surface area contributed by atoms with E-state index in [4.69, 9.17) is 0 Å². The van der Waals surface area contributed by atoms with E-state index in [9.17, 15) is 13.2 Å². The van der Waals surface area contributed by atoms with E-state index in [0.717, 1.165) is 5.56 Å². The summed E-state index contributed by atoms with van der Waals surface area (Å²) in [6.07, 6.45) is 3.13. The second-order valence-corrected chi connectivity index (χ2v) is 7.00. The molecule has 0 bridgehead atoms. The minimum atomic E-state index is -3.83. The van der Waals surface area contributed by atoms with Crippen molar-refractivity contribution in [1.29, 1.82) is 0 Å². The number of aryl methyl sites for hydroxylation is 1. The molecule has 2 aromatic carbocycles. The first-order valence-electron chi connectivity index (χ1n) is 7.49. The summed E-state index contributed by atoms with van der Waals surface area (Å²) in [6.45, 7) is 3.63. The monoisotopic (exact) mass is 344 g/mol. The number of carbonyl (C=O) groups is 1. The molecule has 126 valence electrons. The third-order valence-electron chi connectivity index (χ3n) is 3.39. The Kier molecular flexibility index (Phi) is 5.89. The molecule has 1 unspecified atom stereocenters. The smallest absolute Gasteiger partial charge is 0.246 e. The predicted octanol–water partition coefficient (Wildman–Crippen LogP) is 2.66. The van der Waals surface area contributed by atoms with Gasteiger partial charge in [-0.2, -0.15) is 4.72 Å². The molecule has 2 aromatic rings. The van der Waals surface area contributed by atoms with Crippen molar-refractivity contribution >= 4 is 15.9 Å². The second kappa shape index (κ2) is 7.90. The maximum Gasteiger partial charge on any atom is 0.246 e. The van der Waals surface area contributed by atoms with E-state index < -0.39 is 22.0 Å². The van der Waals surface area contributed by atoms with E-state index >= 15 is 0 Å². The highest BCUT2D eigenvalue weighted by atomic mass is 32.2. The normalized spacial score (nSPS) is 12.9. The Morgan fingerprint density at radius 2 is 1.67 bits per heavy atom. The molecule has 0 saturated carbocycles. The number of nitrogens with one attached hydrogen (secondary N) is 2. The first kappa shape index (κ1) is 17.9. The van der Waals surface area contributed by atoms with E-state index in [1.807, 2.05) is 6.92 Å². The van der Waals surface area contributed by atoms with Gasteiger partial charge >= 0.3 is 0 Å². The fourth-order valence-corrected chi connectivity index (χ4v) is 3.29. The summed E-state index contributed by atoms with van der Waals surface area (Å²) in [7, 11) is -3.83. The van der Waals surface area contributed by atoms with Gasteiger partial charge < -0.3 is 5.32 Å². The van der Waals surface area contributed by atoms with Crippen molar-refractivity contribution in [2.45, 2.75) is 24.8 Å². The van der Waals surface area contributed by atoms with Crippen LogP contribution in [0.3, 0.4) is 0 Å². The Morgan fingerprint density at radius 3 is 2.25 bits per heavy atom. The maximum atomic E-state index is 12.6. The number of allylic oxidation sites excluding steroid dienone is 1. The molecule has 24 heavy (non-hydrogen) atoms. The molecule has 1 amide bonds. The lowest BCUT2D eigenvalue weighted by molar-refractivity contribution is -0.121. The molecule has 0 spiro atoms. The average molecular weight is 344 g/mol. The van der Waals surface area contributed by atoms with Crippen molar-refractivity contribution in [2.24, 2.45) is 0 Å². The molecule has 2 rings (SSSR count).